The quantitative estimate of drug-likeness (QED) is 0.778. The monoisotopic (exact) mass is 236 g/mol. The number of benzene rings is 1. The molecule has 2 rings (SSSR count). The number of halogens is 1. The second-order valence-electron chi connectivity index (χ2n) is 4.82. The molecule has 1 fully saturated rings. The molecule has 86 valence electrons. The van der Waals surface area contributed by atoms with Crippen molar-refractivity contribution in [1.82, 2.24) is 0 Å². The van der Waals surface area contributed by atoms with E-state index in [4.69, 9.17) is 11.6 Å². The van der Waals surface area contributed by atoms with Gasteiger partial charge in [-0.1, -0.05) is 23.7 Å². The SMILES string of the molecule is CC(=O)[C@@H]1CC[C@@H](Cc2cccc(Cl)c2)C1. The van der Waals surface area contributed by atoms with Crippen LogP contribution in [0.15, 0.2) is 24.3 Å². The highest BCUT2D eigenvalue weighted by Gasteiger charge is 2.27. The van der Waals surface area contributed by atoms with Gasteiger partial charge in [-0.25, -0.2) is 0 Å². The Bertz CT molecular complexity index is 386. The third kappa shape index (κ3) is 2.85. The van der Waals surface area contributed by atoms with E-state index in [1.807, 2.05) is 18.2 Å². The summed E-state index contributed by atoms with van der Waals surface area (Å²) in [5, 5.41) is 0.804. The van der Waals surface area contributed by atoms with Crippen molar-refractivity contribution in [3.63, 3.8) is 0 Å². The van der Waals surface area contributed by atoms with E-state index in [-0.39, 0.29) is 0 Å². The molecule has 2 atom stereocenters. The molecule has 0 bridgehead atoms. The molecule has 0 aliphatic heterocycles. The molecule has 0 amide bonds. The van der Waals surface area contributed by atoms with E-state index in [0.717, 1.165) is 24.3 Å². The van der Waals surface area contributed by atoms with E-state index in [2.05, 4.69) is 6.07 Å². The predicted octanol–water partition coefficient (Wildman–Crippen LogP) is 3.89. The minimum atomic E-state index is 0.309. The van der Waals surface area contributed by atoms with Crippen LogP contribution in [0.1, 0.15) is 31.7 Å². The van der Waals surface area contributed by atoms with Crippen LogP contribution in [0.4, 0.5) is 0 Å². The molecule has 1 saturated carbocycles. The first-order valence-corrected chi connectivity index (χ1v) is 6.28. The summed E-state index contributed by atoms with van der Waals surface area (Å²) in [6, 6.07) is 8.04. The molecule has 0 heterocycles. The zero-order valence-corrected chi connectivity index (χ0v) is 10.3. The Kier molecular flexibility index (Phi) is 3.65. The molecular weight excluding hydrogens is 220 g/mol. The zero-order chi connectivity index (χ0) is 11.5. The lowest BCUT2D eigenvalue weighted by atomic mass is 9.96. The second-order valence-corrected chi connectivity index (χ2v) is 5.26. The number of carbonyl (C=O) groups is 1. The van der Waals surface area contributed by atoms with E-state index < -0.39 is 0 Å². The molecular formula is C14H17ClO. The van der Waals surface area contributed by atoms with E-state index >= 15 is 0 Å². The maximum Gasteiger partial charge on any atom is 0.132 e. The summed E-state index contributed by atoms with van der Waals surface area (Å²) in [5.41, 5.74) is 1.29. The summed E-state index contributed by atoms with van der Waals surface area (Å²) in [6.45, 7) is 1.71. The van der Waals surface area contributed by atoms with Gasteiger partial charge in [-0.05, 0) is 56.2 Å². The van der Waals surface area contributed by atoms with Crippen LogP contribution in [-0.2, 0) is 11.2 Å². The molecule has 0 aromatic heterocycles. The molecule has 0 N–H and O–H groups in total. The molecule has 1 aromatic rings. The molecule has 0 radical (unpaired) electrons. The Morgan fingerprint density at radius 3 is 2.88 bits per heavy atom. The fourth-order valence-electron chi connectivity index (χ4n) is 2.63. The number of rotatable bonds is 3. The maximum atomic E-state index is 11.3. The minimum absolute atomic E-state index is 0.309. The summed E-state index contributed by atoms with van der Waals surface area (Å²) in [6.07, 6.45) is 4.36. The molecule has 1 aliphatic carbocycles. The third-order valence-electron chi connectivity index (χ3n) is 3.53. The molecule has 0 unspecified atom stereocenters. The first-order valence-electron chi connectivity index (χ1n) is 5.90. The number of carbonyl (C=O) groups excluding carboxylic acids is 1. The van der Waals surface area contributed by atoms with Crippen LogP contribution >= 0.6 is 11.6 Å². The first kappa shape index (κ1) is 11.7. The predicted molar refractivity (Wildman–Crippen MR) is 66.7 cm³/mol. The lowest BCUT2D eigenvalue weighted by Crippen LogP contribution is -2.07. The third-order valence-corrected chi connectivity index (χ3v) is 3.76. The highest BCUT2D eigenvalue weighted by molar-refractivity contribution is 6.30. The van der Waals surface area contributed by atoms with Crippen LogP contribution in [-0.4, -0.2) is 5.78 Å². The smallest absolute Gasteiger partial charge is 0.132 e. The van der Waals surface area contributed by atoms with Gasteiger partial charge >= 0.3 is 0 Å². The highest BCUT2D eigenvalue weighted by atomic mass is 35.5. The largest absolute Gasteiger partial charge is 0.300 e. The fourth-order valence-corrected chi connectivity index (χ4v) is 2.84. The normalized spacial score (nSPS) is 24.6. The molecule has 0 spiro atoms. The highest BCUT2D eigenvalue weighted by Crippen LogP contribution is 2.33. The molecule has 1 nitrogen and oxygen atoms in total. The topological polar surface area (TPSA) is 17.1 Å². The van der Waals surface area contributed by atoms with Crippen LogP contribution < -0.4 is 0 Å². The maximum absolute atomic E-state index is 11.3. The van der Waals surface area contributed by atoms with Crippen molar-refractivity contribution in [2.24, 2.45) is 11.8 Å². The van der Waals surface area contributed by atoms with Gasteiger partial charge in [0.2, 0.25) is 0 Å². The van der Waals surface area contributed by atoms with Crippen LogP contribution in [0.3, 0.4) is 0 Å². The number of hydrogen-bond donors (Lipinski definition) is 0. The lowest BCUT2D eigenvalue weighted by Gasteiger charge is -2.10. The van der Waals surface area contributed by atoms with Gasteiger partial charge in [0.15, 0.2) is 0 Å². The first-order chi connectivity index (χ1) is 7.65. The zero-order valence-electron chi connectivity index (χ0n) is 9.58. The summed E-state index contributed by atoms with van der Waals surface area (Å²) in [4.78, 5) is 11.3. The standard InChI is InChI=1S/C14H17ClO/c1-10(16)13-6-5-12(8-13)7-11-3-2-4-14(15)9-11/h2-4,9,12-13H,5-8H2,1H3/t12-,13+/m0/s1. The van der Waals surface area contributed by atoms with Crippen molar-refractivity contribution in [1.29, 1.82) is 0 Å². The summed E-state index contributed by atoms with van der Waals surface area (Å²) in [5.74, 6) is 1.32. The Morgan fingerprint density at radius 1 is 1.44 bits per heavy atom. The van der Waals surface area contributed by atoms with Crippen LogP contribution in [0.25, 0.3) is 0 Å². The van der Waals surface area contributed by atoms with E-state index in [1.165, 1.54) is 12.0 Å². The van der Waals surface area contributed by atoms with Gasteiger partial charge in [0.05, 0.1) is 0 Å². The van der Waals surface area contributed by atoms with Gasteiger partial charge < -0.3 is 0 Å². The average molecular weight is 237 g/mol. The molecule has 1 aliphatic rings. The van der Waals surface area contributed by atoms with Crippen molar-refractivity contribution in [3.05, 3.63) is 34.9 Å². The van der Waals surface area contributed by atoms with E-state index in [9.17, 15) is 4.79 Å². The second kappa shape index (κ2) is 5.01. The number of Topliss-reactive ketones (excluding diaryl/α,β-unsaturated/α-hetero) is 1. The summed E-state index contributed by atoms with van der Waals surface area (Å²) >= 11 is 5.96. The Morgan fingerprint density at radius 2 is 2.25 bits per heavy atom. The molecule has 16 heavy (non-hydrogen) atoms. The number of ketones is 1. The van der Waals surface area contributed by atoms with Gasteiger partial charge in [0, 0.05) is 10.9 Å². The van der Waals surface area contributed by atoms with Crippen molar-refractivity contribution in [2.75, 3.05) is 0 Å². The lowest BCUT2D eigenvalue weighted by molar-refractivity contribution is -0.120. The molecule has 2 heteroatoms. The Labute approximate surface area is 102 Å². The van der Waals surface area contributed by atoms with Crippen LogP contribution in [0.5, 0.6) is 0 Å². The van der Waals surface area contributed by atoms with Gasteiger partial charge in [-0.3, -0.25) is 4.79 Å². The van der Waals surface area contributed by atoms with Gasteiger partial charge in [-0.2, -0.15) is 0 Å². The molecule has 1 aromatic carbocycles. The van der Waals surface area contributed by atoms with Crippen molar-refractivity contribution in [3.8, 4) is 0 Å². The van der Waals surface area contributed by atoms with Crippen molar-refractivity contribution >= 4 is 17.4 Å². The van der Waals surface area contributed by atoms with Crippen LogP contribution in [0, 0.1) is 11.8 Å². The Hall–Kier alpha value is -0.820. The van der Waals surface area contributed by atoms with Crippen molar-refractivity contribution in [2.45, 2.75) is 32.6 Å². The number of hydrogen-bond acceptors (Lipinski definition) is 1. The summed E-state index contributed by atoms with van der Waals surface area (Å²) < 4.78 is 0. The molecule has 0 saturated heterocycles. The van der Waals surface area contributed by atoms with Gasteiger partial charge in [0.25, 0.3) is 0 Å². The van der Waals surface area contributed by atoms with Gasteiger partial charge in [-0.15, -0.1) is 0 Å². The summed E-state index contributed by atoms with van der Waals surface area (Å²) in [7, 11) is 0. The fraction of sp³-hybridized carbons (Fsp3) is 0.500. The Balaban J connectivity index is 1.94. The van der Waals surface area contributed by atoms with Crippen LogP contribution in [0.2, 0.25) is 5.02 Å². The van der Waals surface area contributed by atoms with E-state index in [1.54, 1.807) is 6.92 Å². The minimum Gasteiger partial charge on any atom is -0.300 e. The van der Waals surface area contributed by atoms with Crippen molar-refractivity contribution < 1.29 is 4.79 Å². The average Bonchev–Trinajstić information content (AvgIpc) is 2.66. The van der Waals surface area contributed by atoms with Gasteiger partial charge in [0.1, 0.15) is 5.78 Å². The van der Waals surface area contributed by atoms with E-state index in [0.29, 0.717) is 17.6 Å².